The van der Waals surface area contributed by atoms with Gasteiger partial charge in [-0.1, -0.05) is 18.2 Å². The molecule has 0 saturated heterocycles. The molecule has 5 nitrogen and oxygen atoms in total. The zero-order valence-corrected chi connectivity index (χ0v) is 13.7. The number of hydrogen-bond acceptors (Lipinski definition) is 4. The average Bonchev–Trinajstić information content (AvgIpc) is 3.08. The maximum atomic E-state index is 13.3. The highest BCUT2D eigenvalue weighted by Crippen LogP contribution is 2.32. The molecule has 0 radical (unpaired) electrons. The number of benzene rings is 2. The van der Waals surface area contributed by atoms with Crippen molar-refractivity contribution < 1.29 is 23.4 Å². The van der Waals surface area contributed by atoms with Gasteiger partial charge in [-0.3, -0.25) is 4.79 Å². The summed E-state index contributed by atoms with van der Waals surface area (Å²) in [6.45, 7) is 0.450. The molecule has 2 aromatic rings. The smallest absolute Gasteiger partial charge is 0.244 e. The van der Waals surface area contributed by atoms with E-state index < -0.39 is 6.10 Å². The largest absolute Gasteiger partial charge is 0.454 e. The summed E-state index contributed by atoms with van der Waals surface area (Å²) in [7, 11) is 1.52. The first-order valence-electron chi connectivity index (χ1n) is 7.79. The number of nitrogens with one attached hydrogen (secondary N) is 1. The van der Waals surface area contributed by atoms with Crippen LogP contribution in [0.3, 0.4) is 0 Å². The molecule has 6 heteroatoms. The molecule has 1 heterocycles. The van der Waals surface area contributed by atoms with Crippen LogP contribution in [0.15, 0.2) is 48.5 Å². The van der Waals surface area contributed by atoms with E-state index >= 15 is 0 Å². The van der Waals surface area contributed by atoms with Crippen molar-refractivity contribution in [2.75, 3.05) is 20.4 Å². The van der Waals surface area contributed by atoms with Crippen LogP contribution in [0.5, 0.6) is 11.5 Å². The summed E-state index contributed by atoms with van der Waals surface area (Å²) in [6.07, 6.45) is 2.69. The van der Waals surface area contributed by atoms with E-state index in [1.807, 2.05) is 6.07 Å². The highest BCUT2D eigenvalue weighted by atomic mass is 19.1. The normalized spacial score (nSPS) is 13.8. The number of ether oxygens (including phenoxy) is 3. The van der Waals surface area contributed by atoms with Crippen LogP contribution in [-0.2, 0) is 9.53 Å². The zero-order valence-electron chi connectivity index (χ0n) is 13.7. The van der Waals surface area contributed by atoms with Crippen molar-refractivity contribution in [2.45, 2.75) is 6.10 Å². The number of carbonyl (C=O) groups is 1. The number of amides is 1. The van der Waals surface area contributed by atoms with Gasteiger partial charge in [-0.05, 0) is 41.5 Å². The number of rotatable bonds is 6. The van der Waals surface area contributed by atoms with E-state index in [0.29, 0.717) is 17.1 Å². The van der Waals surface area contributed by atoms with Crippen molar-refractivity contribution in [3.05, 3.63) is 65.5 Å². The Hall–Kier alpha value is -2.86. The van der Waals surface area contributed by atoms with Gasteiger partial charge in [0.25, 0.3) is 0 Å². The fourth-order valence-corrected chi connectivity index (χ4v) is 2.49. The van der Waals surface area contributed by atoms with Crippen molar-refractivity contribution in [1.82, 2.24) is 5.32 Å². The minimum Gasteiger partial charge on any atom is -0.454 e. The van der Waals surface area contributed by atoms with Crippen LogP contribution in [0, 0.1) is 5.82 Å². The van der Waals surface area contributed by atoms with Gasteiger partial charge in [-0.15, -0.1) is 0 Å². The van der Waals surface area contributed by atoms with Crippen molar-refractivity contribution in [3.63, 3.8) is 0 Å². The van der Waals surface area contributed by atoms with Crippen molar-refractivity contribution in [2.24, 2.45) is 0 Å². The highest BCUT2D eigenvalue weighted by molar-refractivity contribution is 5.91. The lowest BCUT2D eigenvalue weighted by Gasteiger charge is -2.16. The Balaban J connectivity index is 1.56. The summed E-state index contributed by atoms with van der Waals surface area (Å²) < 4.78 is 29.1. The van der Waals surface area contributed by atoms with E-state index in [4.69, 9.17) is 14.2 Å². The maximum Gasteiger partial charge on any atom is 0.244 e. The van der Waals surface area contributed by atoms with E-state index in [-0.39, 0.29) is 25.1 Å². The van der Waals surface area contributed by atoms with Crippen molar-refractivity contribution in [1.29, 1.82) is 0 Å². The average molecular weight is 343 g/mol. The van der Waals surface area contributed by atoms with Gasteiger partial charge in [0, 0.05) is 19.7 Å². The fourth-order valence-electron chi connectivity index (χ4n) is 2.49. The molecule has 1 unspecified atom stereocenters. The Morgan fingerprint density at radius 2 is 2.12 bits per heavy atom. The van der Waals surface area contributed by atoms with Gasteiger partial charge in [0.2, 0.25) is 12.7 Å². The van der Waals surface area contributed by atoms with Crippen LogP contribution in [0.25, 0.3) is 6.08 Å². The molecule has 2 aromatic carbocycles. The summed E-state index contributed by atoms with van der Waals surface area (Å²) in [6, 6.07) is 11.6. The number of fused-ring (bicyclic) bond motifs is 1. The quantitative estimate of drug-likeness (QED) is 0.819. The van der Waals surface area contributed by atoms with Crippen LogP contribution in [0.4, 0.5) is 4.39 Å². The van der Waals surface area contributed by atoms with Gasteiger partial charge in [0.05, 0.1) is 6.10 Å². The van der Waals surface area contributed by atoms with Gasteiger partial charge in [-0.2, -0.15) is 0 Å². The van der Waals surface area contributed by atoms with Crippen LogP contribution < -0.4 is 14.8 Å². The molecule has 0 aliphatic carbocycles. The van der Waals surface area contributed by atoms with E-state index in [1.54, 1.807) is 30.3 Å². The Morgan fingerprint density at radius 1 is 1.28 bits per heavy atom. The third-order valence-corrected chi connectivity index (χ3v) is 3.79. The second-order valence-electron chi connectivity index (χ2n) is 5.47. The van der Waals surface area contributed by atoms with E-state index in [2.05, 4.69) is 5.32 Å². The first-order valence-corrected chi connectivity index (χ1v) is 7.79. The monoisotopic (exact) mass is 343 g/mol. The lowest BCUT2D eigenvalue weighted by Crippen LogP contribution is -2.27. The topological polar surface area (TPSA) is 56.8 Å². The van der Waals surface area contributed by atoms with E-state index in [0.717, 1.165) is 5.56 Å². The van der Waals surface area contributed by atoms with Crippen molar-refractivity contribution >= 4 is 12.0 Å². The van der Waals surface area contributed by atoms with E-state index in [9.17, 15) is 9.18 Å². The first-order chi connectivity index (χ1) is 12.2. The molecular formula is C19H18FNO4. The second-order valence-corrected chi connectivity index (χ2v) is 5.47. The number of hydrogen-bond donors (Lipinski definition) is 1. The summed E-state index contributed by atoms with van der Waals surface area (Å²) in [5.74, 6) is 0.748. The molecule has 0 spiro atoms. The molecule has 3 rings (SSSR count). The lowest BCUT2D eigenvalue weighted by atomic mass is 10.1. The van der Waals surface area contributed by atoms with Gasteiger partial charge >= 0.3 is 0 Å². The molecule has 130 valence electrons. The van der Waals surface area contributed by atoms with Gasteiger partial charge in [0.15, 0.2) is 11.5 Å². The van der Waals surface area contributed by atoms with Crippen LogP contribution in [0.1, 0.15) is 17.2 Å². The zero-order chi connectivity index (χ0) is 17.6. The van der Waals surface area contributed by atoms with Gasteiger partial charge in [0.1, 0.15) is 5.82 Å². The molecule has 25 heavy (non-hydrogen) atoms. The summed E-state index contributed by atoms with van der Waals surface area (Å²) >= 11 is 0. The molecule has 1 N–H and O–H groups in total. The molecular weight excluding hydrogens is 325 g/mol. The van der Waals surface area contributed by atoms with Gasteiger partial charge in [-0.25, -0.2) is 4.39 Å². The van der Waals surface area contributed by atoms with Crippen LogP contribution >= 0.6 is 0 Å². The molecule has 0 fully saturated rings. The first kappa shape index (κ1) is 17.0. The third-order valence-electron chi connectivity index (χ3n) is 3.79. The molecule has 1 aliphatic heterocycles. The SMILES string of the molecule is COC(CNC(=O)/C=C/c1ccc2c(c1)OCO2)c1cccc(F)c1. The predicted octanol–water partition coefficient (Wildman–Crippen LogP) is 3.07. The van der Waals surface area contributed by atoms with Crippen molar-refractivity contribution in [3.8, 4) is 11.5 Å². The lowest BCUT2D eigenvalue weighted by molar-refractivity contribution is -0.117. The van der Waals surface area contributed by atoms with Crippen LogP contribution in [-0.4, -0.2) is 26.4 Å². The number of carbonyl (C=O) groups excluding carboxylic acids is 1. The molecule has 1 atom stereocenters. The molecule has 0 bridgehead atoms. The summed E-state index contributed by atoms with van der Waals surface area (Å²) in [5.41, 5.74) is 1.50. The Labute approximate surface area is 145 Å². The Kier molecular flexibility index (Phi) is 5.30. The number of methoxy groups -OCH3 is 1. The highest BCUT2D eigenvalue weighted by Gasteiger charge is 2.13. The van der Waals surface area contributed by atoms with Crippen LogP contribution in [0.2, 0.25) is 0 Å². The standard InChI is InChI=1S/C19H18FNO4/c1-23-18(14-3-2-4-15(20)10-14)11-21-19(22)8-6-13-5-7-16-17(9-13)25-12-24-16/h2-10,18H,11-12H2,1H3,(H,21,22)/b8-6+. The molecule has 0 saturated carbocycles. The van der Waals surface area contributed by atoms with Gasteiger partial charge < -0.3 is 19.5 Å². The second kappa shape index (κ2) is 7.81. The molecule has 1 aliphatic rings. The predicted molar refractivity (Wildman–Crippen MR) is 90.8 cm³/mol. The molecule has 1 amide bonds. The Morgan fingerprint density at radius 3 is 2.92 bits per heavy atom. The van der Waals surface area contributed by atoms with E-state index in [1.165, 1.54) is 25.3 Å². The fraction of sp³-hybridized carbons (Fsp3) is 0.211. The summed E-state index contributed by atoms with van der Waals surface area (Å²) in [4.78, 5) is 12.0. The Bertz CT molecular complexity index is 791. The summed E-state index contributed by atoms with van der Waals surface area (Å²) in [5, 5.41) is 2.75. The minimum absolute atomic E-state index is 0.210. The maximum absolute atomic E-state index is 13.3. The third kappa shape index (κ3) is 4.36. The molecule has 0 aromatic heterocycles. The number of halogens is 1. The minimum atomic E-state index is -0.418.